The zero-order valence-corrected chi connectivity index (χ0v) is 14.0. The number of benzene rings is 2. The van der Waals surface area contributed by atoms with E-state index in [2.05, 4.69) is 23.1 Å². The van der Waals surface area contributed by atoms with Crippen LogP contribution in [0.5, 0.6) is 5.75 Å². The van der Waals surface area contributed by atoms with Crippen LogP contribution in [0, 0.1) is 5.82 Å². The summed E-state index contributed by atoms with van der Waals surface area (Å²) in [5.74, 6) is -0.369. The van der Waals surface area contributed by atoms with E-state index in [4.69, 9.17) is 17.0 Å². The molecule has 24 heavy (non-hydrogen) atoms. The van der Waals surface area contributed by atoms with Crippen LogP contribution in [0.4, 0.5) is 10.1 Å². The van der Waals surface area contributed by atoms with E-state index < -0.39 is 5.91 Å². The summed E-state index contributed by atoms with van der Waals surface area (Å²) in [5, 5.41) is 3.24. The number of hydrazine groups is 1. The second-order valence-corrected chi connectivity index (χ2v) is 5.33. The minimum absolute atomic E-state index is 0.216. The Kier molecular flexibility index (Phi) is 6.51. The summed E-state index contributed by atoms with van der Waals surface area (Å²) in [6.45, 7) is 1.85. The number of aryl methyl sites for hydroxylation is 1. The van der Waals surface area contributed by atoms with Crippen LogP contribution < -0.4 is 20.9 Å². The summed E-state index contributed by atoms with van der Waals surface area (Å²) in [5.41, 5.74) is 7.03. The fourth-order valence-corrected chi connectivity index (χ4v) is 2.04. The molecule has 0 fully saturated rings. The molecule has 5 nitrogen and oxygen atoms in total. The highest BCUT2D eigenvalue weighted by atomic mass is 32.1. The van der Waals surface area contributed by atoms with Crippen molar-refractivity contribution in [2.75, 3.05) is 11.9 Å². The maximum atomic E-state index is 12.8. The number of anilines is 1. The molecule has 0 aliphatic carbocycles. The lowest BCUT2D eigenvalue weighted by Crippen LogP contribution is -2.45. The monoisotopic (exact) mass is 347 g/mol. The van der Waals surface area contributed by atoms with Crippen molar-refractivity contribution in [1.29, 1.82) is 0 Å². The van der Waals surface area contributed by atoms with E-state index in [-0.39, 0.29) is 17.5 Å². The van der Waals surface area contributed by atoms with Crippen molar-refractivity contribution in [2.45, 2.75) is 13.3 Å². The zero-order chi connectivity index (χ0) is 17.4. The summed E-state index contributed by atoms with van der Waals surface area (Å²) in [4.78, 5) is 11.7. The molecule has 0 saturated heterocycles. The summed E-state index contributed by atoms with van der Waals surface area (Å²) in [6.07, 6.45) is 0.924. The first-order valence-corrected chi connectivity index (χ1v) is 7.81. The number of carbonyl (C=O) groups excluding carboxylic acids is 1. The number of carbonyl (C=O) groups is 1. The molecule has 2 aromatic rings. The maximum Gasteiger partial charge on any atom is 0.276 e. The van der Waals surface area contributed by atoms with Gasteiger partial charge >= 0.3 is 0 Å². The smallest absolute Gasteiger partial charge is 0.276 e. The number of hydrogen-bond acceptors (Lipinski definition) is 3. The number of amides is 1. The van der Waals surface area contributed by atoms with Crippen LogP contribution in [0.2, 0.25) is 0 Å². The number of nitrogens with one attached hydrogen (secondary N) is 3. The standard InChI is InChI=1S/C17H18FN3O2S/c1-2-12-4-3-5-14(10-12)19-17(24)21-20-16(22)11-23-15-8-6-13(18)7-9-15/h3-10H,2,11H2,1H3,(H,20,22)(H2,19,21,24). The largest absolute Gasteiger partial charge is 0.484 e. The summed E-state index contributed by atoms with van der Waals surface area (Å²) in [7, 11) is 0. The summed E-state index contributed by atoms with van der Waals surface area (Å²) < 4.78 is 18.0. The van der Waals surface area contributed by atoms with Crippen LogP contribution >= 0.6 is 12.2 Å². The number of thiocarbonyl (C=S) groups is 1. The Balaban J connectivity index is 1.72. The highest BCUT2D eigenvalue weighted by Crippen LogP contribution is 2.11. The van der Waals surface area contributed by atoms with Crippen molar-refractivity contribution in [1.82, 2.24) is 10.9 Å². The third-order valence-corrected chi connectivity index (χ3v) is 3.30. The second kappa shape index (κ2) is 8.83. The Labute approximate surface area is 145 Å². The lowest BCUT2D eigenvalue weighted by molar-refractivity contribution is -0.123. The lowest BCUT2D eigenvalue weighted by atomic mass is 10.1. The molecule has 0 saturated carbocycles. The molecule has 0 aliphatic rings. The third kappa shape index (κ3) is 5.85. The van der Waals surface area contributed by atoms with Gasteiger partial charge in [-0.05, 0) is 60.6 Å². The molecule has 0 bridgehead atoms. The van der Waals surface area contributed by atoms with Gasteiger partial charge in [0.25, 0.3) is 5.91 Å². The van der Waals surface area contributed by atoms with Gasteiger partial charge in [-0.1, -0.05) is 19.1 Å². The Bertz CT molecular complexity index is 707. The molecule has 2 aromatic carbocycles. The molecule has 0 aromatic heterocycles. The molecule has 0 spiro atoms. The second-order valence-electron chi connectivity index (χ2n) is 4.92. The number of hydrogen-bond donors (Lipinski definition) is 3. The molecule has 1 amide bonds. The van der Waals surface area contributed by atoms with Gasteiger partial charge < -0.3 is 10.1 Å². The number of ether oxygens (including phenoxy) is 1. The summed E-state index contributed by atoms with van der Waals surface area (Å²) >= 11 is 5.11. The SMILES string of the molecule is CCc1cccc(NC(=S)NNC(=O)COc2ccc(F)cc2)c1. The fraction of sp³-hybridized carbons (Fsp3) is 0.176. The van der Waals surface area contributed by atoms with E-state index >= 15 is 0 Å². The molecule has 3 N–H and O–H groups in total. The van der Waals surface area contributed by atoms with Crippen molar-refractivity contribution in [3.8, 4) is 5.75 Å². The Hall–Kier alpha value is -2.67. The molecule has 0 atom stereocenters. The fourth-order valence-electron chi connectivity index (χ4n) is 1.87. The van der Waals surface area contributed by atoms with Crippen molar-refractivity contribution in [3.05, 3.63) is 59.9 Å². The molecule has 126 valence electrons. The van der Waals surface area contributed by atoms with Gasteiger partial charge in [-0.15, -0.1) is 0 Å². The van der Waals surface area contributed by atoms with Gasteiger partial charge in [-0.3, -0.25) is 15.6 Å². The minimum atomic E-state index is -0.411. The predicted octanol–water partition coefficient (Wildman–Crippen LogP) is 2.78. The Morgan fingerprint density at radius 3 is 2.62 bits per heavy atom. The van der Waals surface area contributed by atoms with Crippen LogP contribution in [0.25, 0.3) is 0 Å². The van der Waals surface area contributed by atoms with Gasteiger partial charge in [0.05, 0.1) is 0 Å². The first kappa shape index (κ1) is 17.7. The van der Waals surface area contributed by atoms with Gasteiger partial charge in [0.15, 0.2) is 11.7 Å². The van der Waals surface area contributed by atoms with E-state index in [1.54, 1.807) is 0 Å². The van der Waals surface area contributed by atoms with E-state index in [1.807, 2.05) is 24.3 Å². The highest BCUT2D eigenvalue weighted by Gasteiger charge is 2.04. The average molecular weight is 347 g/mol. The van der Waals surface area contributed by atoms with E-state index in [0.29, 0.717) is 5.75 Å². The van der Waals surface area contributed by atoms with Crippen molar-refractivity contribution in [2.24, 2.45) is 0 Å². The minimum Gasteiger partial charge on any atom is -0.484 e. The molecule has 2 rings (SSSR count). The molecule has 0 unspecified atom stereocenters. The number of halogens is 1. The molecular weight excluding hydrogens is 329 g/mol. The van der Waals surface area contributed by atoms with Crippen molar-refractivity contribution in [3.63, 3.8) is 0 Å². The Morgan fingerprint density at radius 2 is 1.92 bits per heavy atom. The molecule has 0 aliphatic heterocycles. The Morgan fingerprint density at radius 1 is 1.17 bits per heavy atom. The first-order valence-electron chi connectivity index (χ1n) is 7.40. The van der Waals surface area contributed by atoms with Crippen LogP contribution in [-0.2, 0) is 11.2 Å². The van der Waals surface area contributed by atoms with E-state index in [1.165, 1.54) is 29.8 Å². The topological polar surface area (TPSA) is 62.4 Å². The van der Waals surface area contributed by atoms with Crippen LogP contribution in [0.1, 0.15) is 12.5 Å². The van der Waals surface area contributed by atoms with Gasteiger partial charge in [0, 0.05) is 5.69 Å². The normalized spacial score (nSPS) is 9.92. The molecular formula is C17H18FN3O2S. The zero-order valence-electron chi connectivity index (χ0n) is 13.1. The molecule has 0 radical (unpaired) electrons. The molecule has 0 heterocycles. The predicted molar refractivity (Wildman–Crippen MR) is 95.2 cm³/mol. The van der Waals surface area contributed by atoms with E-state index in [0.717, 1.165) is 12.1 Å². The van der Waals surface area contributed by atoms with Crippen LogP contribution in [-0.4, -0.2) is 17.6 Å². The van der Waals surface area contributed by atoms with Gasteiger partial charge in [-0.2, -0.15) is 0 Å². The van der Waals surface area contributed by atoms with Crippen LogP contribution in [0.3, 0.4) is 0 Å². The maximum absolute atomic E-state index is 12.8. The summed E-state index contributed by atoms with van der Waals surface area (Å²) in [6, 6.07) is 13.2. The number of rotatable bonds is 5. The van der Waals surface area contributed by atoms with Crippen molar-refractivity contribution >= 4 is 28.9 Å². The highest BCUT2D eigenvalue weighted by molar-refractivity contribution is 7.80. The van der Waals surface area contributed by atoms with Gasteiger partial charge in [0.2, 0.25) is 0 Å². The lowest BCUT2D eigenvalue weighted by Gasteiger charge is -2.12. The quantitative estimate of drug-likeness (QED) is 0.573. The van der Waals surface area contributed by atoms with Gasteiger partial charge in [0.1, 0.15) is 11.6 Å². The van der Waals surface area contributed by atoms with Gasteiger partial charge in [-0.25, -0.2) is 4.39 Å². The average Bonchev–Trinajstić information content (AvgIpc) is 2.59. The molecule has 7 heteroatoms. The first-order chi connectivity index (χ1) is 11.6. The van der Waals surface area contributed by atoms with Crippen molar-refractivity contribution < 1.29 is 13.9 Å². The van der Waals surface area contributed by atoms with E-state index in [9.17, 15) is 9.18 Å². The van der Waals surface area contributed by atoms with Crippen LogP contribution in [0.15, 0.2) is 48.5 Å². The third-order valence-electron chi connectivity index (χ3n) is 3.09.